The van der Waals surface area contributed by atoms with E-state index in [9.17, 15) is 14.7 Å². The lowest BCUT2D eigenvalue weighted by molar-refractivity contribution is -0.137. The topological polar surface area (TPSA) is 98.4 Å². The van der Waals surface area contributed by atoms with Crippen LogP contribution in [0.25, 0.3) is 0 Å². The van der Waals surface area contributed by atoms with Gasteiger partial charge < -0.3 is 10.2 Å². The van der Waals surface area contributed by atoms with Crippen molar-refractivity contribution in [3.8, 4) is 11.8 Å². The van der Waals surface area contributed by atoms with Crippen molar-refractivity contribution in [2.45, 2.75) is 19.8 Å². The summed E-state index contributed by atoms with van der Waals surface area (Å²) in [6.45, 7) is 1.71. The summed E-state index contributed by atoms with van der Waals surface area (Å²) in [5.74, 6) is -1.11. The molecule has 2 rings (SSSR count). The summed E-state index contributed by atoms with van der Waals surface area (Å²) in [5, 5.41) is 25.9. The van der Waals surface area contributed by atoms with Gasteiger partial charge in [-0.1, -0.05) is 42.5 Å². The van der Waals surface area contributed by atoms with Crippen molar-refractivity contribution >= 4 is 11.8 Å². The summed E-state index contributed by atoms with van der Waals surface area (Å²) in [6, 6.07) is 17.4. The van der Waals surface area contributed by atoms with Crippen LogP contribution in [0.15, 0.2) is 54.6 Å². The zero-order valence-electron chi connectivity index (χ0n) is 13.3. The fourth-order valence-electron chi connectivity index (χ4n) is 1.82. The molecule has 0 heterocycles. The lowest BCUT2D eigenvalue weighted by Crippen LogP contribution is -2.00. The number of hydrogen-bond acceptors (Lipinski definition) is 4. The van der Waals surface area contributed by atoms with E-state index in [1.807, 2.05) is 12.1 Å². The van der Waals surface area contributed by atoms with Gasteiger partial charge in [0.1, 0.15) is 5.75 Å². The highest BCUT2D eigenvalue weighted by atomic mass is 16.4. The van der Waals surface area contributed by atoms with Crippen LogP contribution in [-0.2, 0) is 4.79 Å². The monoisotopic (exact) mass is 325 g/mol. The number of aromatic hydroxyl groups is 1. The Hall–Kier alpha value is -3.13. The Kier molecular flexibility index (Phi) is 7.72. The molecule has 0 aromatic heterocycles. The maximum absolute atomic E-state index is 11.9. The fraction of sp³-hybridized carbons (Fsp3) is 0.211. The molecular weight excluding hydrogens is 306 g/mol. The van der Waals surface area contributed by atoms with E-state index in [4.69, 9.17) is 10.4 Å². The smallest absolute Gasteiger partial charge is 0.303 e. The lowest BCUT2D eigenvalue weighted by atomic mass is 10.0. The van der Waals surface area contributed by atoms with Crippen LogP contribution in [0.5, 0.6) is 5.75 Å². The molecule has 0 amide bonds. The van der Waals surface area contributed by atoms with Gasteiger partial charge in [-0.15, -0.1) is 0 Å². The molecule has 5 heteroatoms. The van der Waals surface area contributed by atoms with E-state index < -0.39 is 5.97 Å². The van der Waals surface area contributed by atoms with Crippen molar-refractivity contribution in [2.24, 2.45) is 5.92 Å². The first-order chi connectivity index (χ1) is 11.5. The van der Waals surface area contributed by atoms with E-state index in [2.05, 4.69) is 0 Å². The second-order valence-electron chi connectivity index (χ2n) is 5.17. The molecule has 24 heavy (non-hydrogen) atoms. The normalized spacial score (nSPS) is 10.7. The standard InChI is InChI=1S/C13H10O2.C6H9NO2/c14-12-9-5-4-8-11(12)13(15)10-6-2-1-3-7-10;1-5(4-7)2-3-6(8)9/h1-9,14H;5H,2-3H2,1H3,(H,8,9). The summed E-state index contributed by atoms with van der Waals surface area (Å²) in [5.41, 5.74) is 0.919. The number of carbonyl (C=O) groups is 2. The summed E-state index contributed by atoms with van der Waals surface area (Å²) >= 11 is 0. The Morgan fingerprint density at radius 1 is 1.08 bits per heavy atom. The van der Waals surface area contributed by atoms with E-state index in [1.54, 1.807) is 49.4 Å². The van der Waals surface area contributed by atoms with Gasteiger partial charge in [0.2, 0.25) is 0 Å². The van der Waals surface area contributed by atoms with E-state index in [0.717, 1.165) is 0 Å². The van der Waals surface area contributed by atoms with Crippen molar-refractivity contribution in [3.63, 3.8) is 0 Å². The third-order valence-electron chi connectivity index (χ3n) is 3.20. The summed E-state index contributed by atoms with van der Waals surface area (Å²) in [6.07, 6.45) is 0.542. The van der Waals surface area contributed by atoms with Gasteiger partial charge in [0.05, 0.1) is 11.6 Å². The van der Waals surface area contributed by atoms with Crippen LogP contribution in [0.2, 0.25) is 0 Å². The SMILES string of the molecule is CC(C#N)CCC(=O)O.O=C(c1ccccc1)c1ccccc1O. The molecule has 0 aliphatic heterocycles. The third kappa shape index (κ3) is 6.32. The Morgan fingerprint density at radius 2 is 1.67 bits per heavy atom. The number of benzene rings is 2. The largest absolute Gasteiger partial charge is 0.507 e. The summed E-state index contributed by atoms with van der Waals surface area (Å²) in [4.78, 5) is 21.8. The molecule has 0 fully saturated rings. The van der Waals surface area contributed by atoms with E-state index in [-0.39, 0.29) is 23.9 Å². The van der Waals surface area contributed by atoms with E-state index in [1.165, 1.54) is 6.07 Å². The molecule has 0 radical (unpaired) electrons. The van der Waals surface area contributed by atoms with Crippen LogP contribution in [-0.4, -0.2) is 22.0 Å². The van der Waals surface area contributed by atoms with Crippen molar-refractivity contribution in [3.05, 3.63) is 65.7 Å². The number of carbonyl (C=O) groups excluding carboxylic acids is 1. The quantitative estimate of drug-likeness (QED) is 0.818. The highest BCUT2D eigenvalue weighted by molar-refractivity contribution is 6.10. The van der Waals surface area contributed by atoms with Crippen molar-refractivity contribution in [1.29, 1.82) is 5.26 Å². The zero-order valence-corrected chi connectivity index (χ0v) is 13.3. The minimum Gasteiger partial charge on any atom is -0.507 e. The first-order valence-corrected chi connectivity index (χ1v) is 7.44. The molecule has 5 nitrogen and oxygen atoms in total. The summed E-state index contributed by atoms with van der Waals surface area (Å²) < 4.78 is 0. The number of nitrogens with zero attached hydrogens (tertiary/aromatic N) is 1. The number of nitriles is 1. The third-order valence-corrected chi connectivity index (χ3v) is 3.20. The lowest BCUT2D eigenvalue weighted by Gasteiger charge is -2.02. The Balaban J connectivity index is 0.000000277. The Morgan fingerprint density at radius 3 is 2.21 bits per heavy atom. The average molecular weight is 325 g/mol. The molecular formula is C19H19NO4. The number of hydrogen-bond donors (Lipinski definition) is 2. The molecule has 1 unspecified atom stereocenters. The molecule has 0 aliphatic rings. The van der Waals surface area contributed by atoms with Gasteiger partial charge in [-0.2, -0.15) is 5.26 Å². The van der Waals surface area contributed by atoms with Crippen LogP contribution in [0.1, 0.15) is 35.7 Å². The van der Waals surface area contributed by atoms with Crippen molar-refractivity contribution < 1.29 is 19.8 Å². The minimum absolute atomic E-state index is 0.0198. The van der Waals surface area contributed by atoms with Gasteiger partial charge in [0, 0.05) is 17.9 Å². The summed E-state index contributed by atoms with van der Waals surface area (Å²) in [7, 11) is 0. The number of aliphatic carboxylic acids is 1. The predicted molar refractivity (Wildman–Crippen MR) is 89.6 cm³/mol. The van der Waals surface area contributed by atoms with E-state index in [0.29, 0.717) is 17.5 Å². The molecule has 124 valence electrons. The average Bonchev–Trinajstić information content (AvgIpc) is 2.60. The maximum Gasteiger partial charge on any atom is 0.303 e. The number of ketones is 1. The fourth-order valence-corrected chi connectivity index (χ4v) is 1.82. The van der Waals surface area contributed by atoms with Crippen molar-refractivity contribution in [1.82, 2.24) is 0 Å². The van der Waals surface area contributed by atoms with Crippen LogP contribution in [0.3, 0.4) is 0 Å². The predicted octanol–water partition coefficient (Wildman–Crippen LogP) is 3.63. The number of phenols is 1. The molecule has 2 aromatic rings. The van der Waals surface area contributed by atoms with Gasteiger partial charge in [-0.05, 0) is 25.5 Å². The first kappa shape index (κ1) is 18.9. The van der Waals surface area contributed by atoms with Crippen LogP contribution < -0.4 is 0 Å². The van der Waals surface area contributed by atoms with E-state index >= 15 is 0 Å². The van der Waals surface area contributed by atoms with Gasteiger partial charge >= 0.3 is 5.97 Å². The molecule has 0 saturated carbocycles. The van der Waals surface area contributed by atoms with Crippen LogP contribution in [0, 0.1) is 17.2 Å². The van der Waals surface area contributed by atoms with Crippen molar-refractivity contribution in [2.75, 3.05) is 0 Å². The highest BCUT2D eigenvalue weighted by Gasteiger charge is 2.11. The minimum atomic E-state index is -0.836. The molecule has 0 spiro atoms. The number of phenolic OH excluding ortho intramolecular Hbond substituents is 1. The maximum atomic E-state index is 11.9. The van der Waals surface area contributed by atoms with Crippen LogP contribution >= 0.6 is 0 Å². The molecule has 0 saturated heterocycles. The molecule has 0 bridgehead atoms. The second-order valence-corrected chi connectivity index (χ2v) is 5.17. The molecule has 2 N–H and O–H groups in total. The van der Waals surface area contributed by atoms with Gasteiger partial charge in [0.25, 0.3) is 0 Å². The first-order valence-electron chi connectivity index (χ1n) is 7.44. The molecule has 2 aromatic carbocycles. The Labute approximate surface area is 140 Å². The molecule has 1 atom stereocenters. The number of carboxylic acid groups (broad SMARTS) is 1. The Bertz CT molecular complexity index is 720. The number of carboxylic acids is 1. The molecule has 0 aliphatic carbocycles. The van der Waals surface area contributed by atoms with Crippen LogP contribution in [0.4, 0.5) is 0 Å². The van der Waals surface area contributed by atoms with Gasteiger partial charge in [-0.25, -0.2) is 0 Å². The van der Waals surface area contributed by atoms with Gasteiger partial charge in [0.15, 0.2) is 5.78 Å². The zero-order chi connectivity index (χ0) is 17.9. The number of para-hydroxylation sites is 1. The highest BCUT2D eigenvalue weighted by Crippen LogP contribution is 2.19. The number of rotatable bonds is 5. The second kappa shape index (κ2) is 9.80. The van der Waals surface area contributed by atoms with Gasteiger partial charge in [-0.3, -0.25) is 9.59 Å².